The van der Waals surface area contributed by atoms with Gasteiger partial charge in [-0.15, -0.1) is 0 Å². The van der Waals surface area contributed by atoms with Gasteiger partial charge in [-0.05, 0) is 31.5 Å². The number of aliphatic hydroxyl groups is 1. The van der Waals surface area contributed by atoms with Crippen molar-refractivity contribution >= 4 is 29.3 Å². The first-order valence-corrected chi connectivity index (χ1v) is 6.29. The molecule has 1 unspecified atom stereocenters. The van der Waals surface area contributed by atoms with Crippen molar-refractivity contribution in [2.24, 2.45) is 0 Å². The van der Waals surface area contributed by atoms with E-state index in [0.717, 1.165) is 17.3 Å². The molecule has 0 fully saturated rings. The third-order valence-electron chi connectivity index (χ3n) is 2.50. The molecular formula is C12H13NO4S. The molecule has 96 valence electrons. The van der Waals surface area contributed by atoms with Crippen LogP contribution in [-0.2, 0) is 14.3 Å². The number of hydrogen-bond donors (Lipinski definition) is 2. The summed E-state index contributed by atoms with van der Waals surface area (Å²) in [4.78, 5) is 21.9. The molecular weight excluding hydrogens is 254 g/mol. The van der Waals surface area contributed by atoms with Gasteiger partial charge in [0, 0.05) is 4.90 Å². The molecule has 1 aromatic rings. The highest BCUT2D eigenvalue weighted by atomic mass is 32.2. The Morgan fingerprint density at radius 2 is 2.28 bits per heavy atom. The lowest BCUT2D eigenvalue weighted by Gasteiger charge is -2.29. The fraction of sp³-hybridized carbons (Fsp3) is 0.333. The Kier molecular flexibility index (Phi) is 3.32. The van der Waals surface area contributed by atoms with Crippen LogP contribution in [0.4, 0.5) is 5.69 Å². The van der Waals surface area contributed by atoms with E-state index in [0.29, 0.717) is 10.6 Å². The fourth-order valence-electron chi connectivity index (χ4n) is 1.59. The first kappa shape index (κ1) is 12.9. The van der Waals surface area contributed by atoms with Crippen molar-refractivity contribution in [1.82, 2.24) is 0 Å². The average Bonchev–Trinajstić information content (AvgIpc) is 2.31. The first-order chi connectivity index (χ1) is 8.47. The maximum absolute atomic E-state index is 11.8. The second-order valence-electron chi connectivity index (χ2n) is 3.92. The molecule has 2 N–H and O–H groups in total. The molecule has 0 aromatic heterocycles. The van der Waals surface area contributed by atoms with E-state index in [9.17, 15) is 14.7 Å². The number of esters is 1. The van der Waals surface area contributed by atoms with Crippen LogP contribution >= 0.6 is 11.8 Å². The normalized spacial score (nSPS) is 22.1. The summed E-state index contributed by atoms with van der Waals surface area (Å²) in [6, 6.07) is 5.37. The Hall–Kier alpha value is -1.53. The number of carbonyl (C=O) groups is 2. The van der Waals surface area contributed by atoms with E-state index in [1.165, 1.54) is 0 Å². The third kappa shape index (κ3) is 2.09. The van der Waals surface area contributed by atoms with E-state index >= 15 is 0 Å². The van der Waals surface area contributed by atoms with Crippen molar-refractivity contribution in [2.45, 2.75) is 23.7 Å². The molecule has 1 heterocycles. The summed E-state index contributed by atoms with van der Waals surface area (Å²) < 4.78 is 4.73. The minimum Gasteiger partial charge on any atom is -0.463 e. The zero-order valence-electron chi connectivity index (χ0n) is 10.0. The molecule has 1 aliphatic heterocycles. The second kappa shape index (κ2) is 4.62. The van der Waals surface area contributed by atoms with Gasteiger partial charge in [-0.1, -0.05) is 17.8 Å². The van der Waals surface area contributed by atoms with E-state index in [4.69, 9.17) is 4.74 Å². The lowest BCUT2D eigenvalue weighted by atomic mass is 10.2. The monoisotopic (exact) mass is 267 g/mol. The maximum atomic E-state index is 11.8. The van der Waals surface area contributed by atoms with Gasteiger partial charge in [0.25, 0.3) is 10.8 Å². The first-order valence-electron chi connectivity index (χ1n) is 5.48. The lowest BCUT2D eigenvalue weighted by molar-refractivity contribution is -0.159. The van der Waals surface area contributed by atoms with Crippen LogP contribution in [0.2, 0.25) is 0 Å². The zero-order valence-corrected chi connectivity index (χ0v) is 10.8. The molecule has 6 heteroatoms. The van der Waals surface area contributed by atoms with E-state index in [-0.39, 0.29) is 6.61 Å². The molecule has 0 radical (unpaired) electrons. The summed E-state index contributed by atoms with van der Waals surface area (Å²) in [5.74, 6) is -1.72. The van der Waals surface area contributed by atoms with Gasteiger partial charge in [-0.25, -0.2) is 4.79 Å². The van der Waals surface area contributed by atoms with E-state index in [1.54, 1.807) is 19.1 Å². The van der Waals surface area contributed by atoms with E-state index < -0.39 is 16.8 Å². The van der Waals surface area contributed by atoms with Gasteiger partial charge in [-0.2, -0.15) is 0 Å². The molecule has 2 rings (SSSR count). The molecule has 0 bridgehead atoms. The number of rotatable bonds is 2. The molecule has 5 nitrogen and oxygen atoms in total. The summed E-state index contributed by atoms with van der Waals surface area (Å²) in [5, 5.41) is 12.7. The molecule has 0 aliphatic carbocycles. The summed E-state index contributed by atoms with van der Waals surface area (Å²) in [7, 11) is 0. The summed E-state index contributed by atoms with van der Waals surface area (Å²) >= 11 is 0.799. The molecule has 0 spiro atoms. The highest BCUT2D eigenvalue weighted by Crippen LogP contribution is 2.42. The van der Waals surface area contributed by atoms with E-state index in [1.807, 2.05) is 13.0 Å². The Morgan fingerprint density at radius 1 is 1.56 bits per heavy atom. The number of amides is 1. The Labute approximate surface area is 109 Å². The third-order valence-corrected chi connectivity index (χ3v) is 3.71. The smallest absolute Gasteiger partial charge is 0.359 e. The number of fused-ring (bicyclic) bond motifs is 1. The number of ether oxygens (including phenoxy) is 1. The van der Waals surface area contributed by atoms with Crippen molar-refractivity contribution in [2.75, 3.05) is 11.9 Å². The SMILES string of the molecule is CCOC(=O)C1(O)Sc2cc(C)ccc2NC1=O. The Bertz CT molecular complexity index is 517. The van der Waals surface area contributed by atoms with Gasteiger partial charge in [0.05, 0.1) is 12.3 Å². The largest absolute Gasteiger partial charge is 0.463 e. The predicted octanol–water partition coefficient (Wildman–Crippen LogP) is 1.29. The van der Waals surface area contributed by atoms with Crippen LogP contribution < -0.4 is 5.32 Å². The van der Waals surface area contributed by atoms with Gasteiger partial charge in [0.2, 0.25) is 0 Å². The standard InChI is InChI=1S/C12H13NO4S/c1-3-17-11(15)12(16)10(14)13-8-5-4-7(2)6-9(8)18-12/h4-6,16H,3H2,1-2H3,(H,13,14). The predicted molar refractivity (Wildman–Crippen MR) is 67.2 cm³/mol. The van der Waals surface area contributed by atoms with Crippen molar-refractivity contribution in [3.8, 4) is 0 Å². The lowest BCUT2D eigenvalue weighted by Crippen LogP contribution is -2.50. The van der Waals surface area contributed by atoms with Gasteiger partial charge in [-0.3, -0.25) is 4.79 Å². The number of benzene rings is 1. The summed E-state index contributed by atoms with van der Waals surface area (Å²) in [6.07, 6.45) is 0. The molecule has 0 saturated heterocycles. The molecule has 1 amide bonds. The molecule has 1 aliphatic rings. The number of thioether (sulfide) groups is 1. The summed E-state index contributed by atoms with van der Waals surface area (Å²) in [5.41, 5.74) is 1.56. The van der Waals surface area contributed by atoms with Gasteiger partial charge >= 0.3 is 5.97 Å². The number of carbonyl (C=O) groups excluding carboxylic acids is 2. The van der Waals surface area contributed by atoms with Crippen molar-refractivity contribution in [3.05, 3.63) is 23.8 Å². The number of aryl methyl sites for hydroxylation is 1. The molecule has 0 saturated carbocycles. The Balaban J connectivity index is 2.37. The fourth-order valence-corrected chi connectivity index (χ4v) is 2.67. The quantitative estimate of drug-likeness (QED) is 0.624. The molecule has 1 atom stereocenters. The van der Waals surface area contributed by atoms with Gasteiger partial charge < -0.3 is 15.2 Å². The van der Waals surface area contributed by atoms with Crippen LogP contribution in [0, 0.1) is 6.92 Å². The minimum absolute atomic E-state index is 0.107. The number of anilines is 1. The van der Waals surface area contributed by atoms with Crippen LogP contribution in [0.15, 0.2) is 23.1 Å². The van der Waals surface area contributed by atoms with Crippen LogP contribution in [0.3, 0.4) is 0 Å². The minimum atomic E-state index is -2.21. The average molecular weight is 267 g/mol. The van der Waals surface area contributed by atoms with E-state index in [2.05, 4.69) is 5.32 Å². The molecule has 1 aromatic carbocycles. The van der Waals surface area contributed by atoms with Gasteiger partial charge in [0.1, 0.15) is 0 Å². The summed E-state index contributed by atoms with van der Waals surface area (Å²) in [6.45, 7) is 3.61. The van der Waals surface area contributed by atoms with Gasteiger partial charge in [0.15, 0.2) is 0 Å². The topological polar surface area (TPSA) is 75.6 Å². The van der Waals surface area contributed by atoms with Crippen LogP contribution in [0.1, 0.15) is 12.5 Å². The highest BCUT2D eigenvalue weighted by molar-refractivity contribution is 8.02. The zero-order chi connectivity index (χ0) is 13.3. The highest BCUT2D eigenvalue weighted by Gasteiger charge is 2.50. The van der Waals surface area contributed by atoms with Crippen molar-refractivity contribution < 1.29 is 19.4 Å². The van der Waals surface area contributed by atoms with Crippen molar-refractivity contribution in [1.29, 1.82) is 0 Å². The van der Waals surface area contributed by atoms with Crippen LogP contribution in [0.25, 0.3) is 0 Å². The number of nitrogens with one attached hydrogen (secondary N) is 1. The van der Waals surface area contributed by atoms with Crippen LogP contribution in [-0.4, -0.2) is 28.5 Å². The van der Waals surface area contributed by atoms with Crippen molar-refractivity contribution in [3.63, 3.8) is 0 Å². The van der Waals surface area contributed by atoms with Crippen LogP contribution in [0.5, 0.6) is 0 Å². The second-order valence-corrected chi connectivity index (χ2v) is 5.16. The number of hydrogen-bond acceptors (Lipinski definition) is 5. The Morgan fingerprint density at radius 3 is 2.94 bits per heavy atom. The molecule has 18 heavy (non-hydrogen) atoms. The maximum Gasteiger partial charge on any atom is 0.359 e.